The average molecular weight is 615 g/mol. The van der Waals surface area contributed by atoms with Crippen LogP contribution in [0.5, 0.6) is 0 Å². The first kappa shape index (κ1) is 31.9. The van der Waals surface area contributed by atoms with Crippen LogP contribution in [0.25, 0.3) is 0 Å². The Bertz CT molecular complexity index is 1330. The minimum atomic E-state index is -0.733. The minimum absolute atomic E-state index is 0.101. The number of aliphatic hydroxyl groups is 1. The van der Waals surface area contributed by atoms with Crippen LogP contribution in [0.4, 0.5) is 5.82 Å². The molecule has 1 saturated heterocycles. The number of anilines is 1. The van der Waals surface area contributed by atoms with Crippen molar-refractivity contribution in [2.45, 2.75) is 102 Å². The molecule has 0 spiro atoms. The number of carbonyl (C=O) groups is 3. The van der Waals surface area contributed by atoms with Gasteiger partial charge in [-0.1, -0.05) is 52.0 Å². The molecule has 4 aliphatic rings. The fourth-order valence-electron chi connectivity index (χ4n) is 8.68. The molecular formula is C32H46N4O6S. The molecule has 4 fully saturated rings. The van der Waals surface area contributed by atoms with Gasteiger partial charge in [-0.15, -0.1) is 6.58 Å². The van der Waals surface area contributed by atoms with Crippen molar-refractivity contribution in [1.82, 2.24) is 15.3 Å². The van der Waals surface area contributed by atoms with Gasteiger partial charge in [0.05, 0.1) is 17.9 Å². The highest BCUT2D eigenvalue weighted by atomic mass is 32.2. The van der Waals surface area contributed by atoms with Gasteiger partial charge >= 0.3 is 5.97 Å². The van der Waals surface area contributed by atoms with Gasteiger partial charge in [0.25, 0.3) is 5.56 Å². The Balaban J connectivity index is 1.35. The van der Waals surface area contributed by atoms with E-state index in [2.05, 4.69) is 48.0 Å². The Morgan fingerprint density at radius 3 is 2.70 bits per heavy atom. The molecule has 236 valence electrons. The Hall–Kier alpha value is -2.50. The van der Waals surface area contributed by atoms with E-state index in [1.165, 1.54) is 6.07 Å². The number of nitrogens with one attached hydrogen (secondary N) is 3. The third-order valence-electron chi connectivity index (χ3n) is 11.5. The lowest BCUT2D eigenvalue weighted by Gasteiger charge is -2.61. The number of piperidine rings is 1. The van der Waals surface area contributed by atoms with E-state index in [1.807, 2.05) is 6.92 Å². The van der Waals surface area contributed by atoms with E-state index in [1.54, 1.807) is 6.08 Å². The molecule has 1 aromatic heterocycles. The zero-order valence-corrected chi connectivity index (χ0v) is 26.6. The zero-order valence-electron chi connectivity index (χ0n) is 25.7. The van der Waals surface area contributed by atoms with Gasteiger partial charge in [0.15, 0.2) is 5.16 Å². The number of H-pyrrole nitrogens is 1. The number of ether oxygens (including phenoxy) is 1. The predicted octanol–water partition coefficient (Wildman–Crippen LogP) is 3.85. The van der Waals surface area contributed by atoms with Crippen molar-refractivity contribution in [1.29, 1.82) is 0 Å². The van der Waals surface area contributed by atoms with Gasteiger partial charge in [0, 0.05) is 29.2 Å². The van der Waals surface area contributed by atoms with E-state index >= 15 is 0 Å². The van der Waals surface area contributed by atoms with Gasteiger partial charge in [-0.05, 0) is 62.3 Å². The number of aromatic amines is 1. The van der Waals surface area contributed by atoms with Gasteiger partial charge in [0.1, 0.15) is 17.7 Å². The van der Waals surface area contributed by atoms with Gasteiger partial charge in [-0.2, -0.15) is 0 Å². The van der Waals surface area contributed by atoms with Gasteiger partial charge in [-0.25, -0.2) is 4.98 Å². The maximum absolute atomic E-state index is 13.6. The summed E-state index contributed by atoms with van der Waals surface area (Å²) in [7, 11) is 0. The number of carbonyl (C=O) groups excluding carboxylic acids is 3. The first-order valence-corrected chi connectivity index (χ1v) is 16.6. The van der Waals surface area contributed by atoms with Crippen molar-refractivity contribution in [3.63, 3.8) is 0 Å². The first-order chi connectivity index (χ1) is 20.3. The van der Waals surface area contributed by atoms with Crippen LogP contribution < -0.4 is 16.2 Å². The number of nitrogens with zero attached hydrogens (tertiary/aromatic N) is 1. The molecule has 9 atom stereocenters. The summed E-state index contributed by atoms with van der Waals surface area (Å²) in [6, 6.07) is 0.886. The van der Waals surface area contributed by atoms with E-state index in [0.717, 1.165) is 56.8 Å². The topological polar surface area (TPSA) is 150 Å². The molecular weight excluding hydrogens is 568 g/mol. The summed E-state index contributed by atoms with van der Waals surface area (Å²) in [5.41, 5.74) is -2.11. The van der Waals surface area contributed by atoms with E-state index < -0.39 is 34.6 Å². The van der Waals surface area contributed by atoms with E-state index in [4.69, 9.17) is 4.74 Å². The third kappa shape index (κ3) is 5.73. The standard InChI is InChI=1S/C32H46N4O6S/c1-6-30(4)16-22(31(5)18(2)10-12-32(19(3)27(30)40)13-11-21(37)26(31)32)42-25(39)17-43-29-35-23(15-24(38)36-29)34-28(41)20-9-7-8-14-33-20/h6,15,18-20,22,26-27,33,40H,1,7-14,16-17H2,2-5H3,(H2,34,35,36,38,41)/t18-,19+,20-,22-,26+,27+,30-,31+,32+/m1/s1. The first-order valence-electron chi connectivity index (χ1n) is 15.7. The van der Waals surface area contributed by atoms with Crippen LogP contribution in [0.3, 0.4) is 0 Å². The van der Waals surface area contributed by atoms with Crippen molar-refractivity contribution in [3.05, 3.63) is 29.1 Å². The number of amides is 1. The van der Waals surface area contributed by atoms with Gasteiger partial charge < -0.3 is 25.5 Å². The molecule has 10 nitrogen and oxygen atoms in total. The average Bonchev–Trinajstić information content (AvgIpc) is 3.34. The summed E-state index contributed by atoms with van der Waals surface area (Å²) in [6.45, 7) is 13.1. The van der Waals surface area contributed by atoms with Crippen molar-refractivity contribution < 1.29 is 24.2 Å². The van der Waals surface area contributed by atoms with Crippen LogP contribution >= 0.6 is 11.8 Å². The molecule has 1 aliphatic heterocycles. The maximum atomic E-state index is 13.6. The van der Waals surface area contributed by atoms with Crippen LogP contribution in [-0.2, 0) is 19.1 Å². The molecule has 2 bridgehead atoms. The summed E-state index contributed by atoms with van der Waals surface area (Å²) in [5, 5.41) is 17.8. The predicted molar refractivity (Wildman–Crippen MR) is 164 cm³/mol. The number of thioether (sulfide) groups is 1. The molecule has 3 saturated carbocycles. The van der Waals surface area contributed by atoms with Crippen molar-refractivity contribution in [3.8, 4) is 0 Å². The van der Waals surface area contributed by atoms with Crippen molar-refractivity contribution >= 4 is 35.2 Å². The summed E-state index contributed by atoms with van der Waals surface area (Å²) in [5.74, 6) is -0.808. The van der Waals surface area contributed by atoms with Crippen molar-refractivity contribution in [2.24, 2.45) is 34.0 Å². The van der Waals surface area contributed by atoms with Crippen LogP contribution in [-0.4, -0.2) is 63.3 Å². The number of hydrogen-bond acceptors (Lipinski definition) is 9. The number of hydrogen-bond donors (Lipinski definition) is 4. The second-order valence-electron chi connectivity index (χ2n) is 13.8. The lowest BCUT2D eigenvalue weighted by Crippen LogP contribution is -2.63. The summed E-state index contributed by atoms with van der Waals surface area (Å²) in [6.07, 6.45) is 6.45. The Morgan fingerprint density at radius 2 is 2.00 bits per heavy atom. The fourth-order valence-corrected chi connectivity index (χ4v) is 9.34. The summed E-state index contributed by atoms with van der Waals surface area (Å²) < 4.78 is 6.28. The van der Waals surface area contributed by atoms with Crippen LogP contribution in [0.15, 0.2) is 28.7 Å². The lowest BCUT2D eigenvalue weighted by atomic mass is 9.44. The number of rotatable bonds is 7. The Labute approximate surface area is 257 Å². The number of ketones is 1. The molecule has 1 aromatic rings. The molecule has 0 radical (unpaired) electrons. The second-order valence-corrected chi connectivity index (χ2v) is 14.7. The second kappa shape index (κ2) is 12.1. The third-order valence-corrected chi connectivity index (χ3v) is 12.3. The SMILES string of the molecule is C=C[C@]1(C)C[C@@H](OC(=O)CSc2nc(NC(=O)[C@H]3CCCCN3)cc(=O)[nH]2)[C@]2(C)[C@H](C)CC[C@]3(CCC(=O)[C@H]32)[C@@H](C)[C@@H]1O. The Morgan fingerprint density at radius 1 is 1.23 bits per heavy atom. The molecule has 2 heterocycles. The lowest BCUT2D eigenvalue weighted by molar-refractivity contribution is -0.205. The number of aliphatic hydroxyl groups excluding tert-OH is 1. The van der Waals surface area contributed by atoms with E-state index in [9.17, 15) is 24.3 Å². The summed E-state index contributed by atoms with van der Waals surface area (Å²) in [4.78, 5) is 59.0. The van der Waals surface area contributed by atoms with E-state index in [-0.39, 0.29) is 57.6 Å². The highest BCUT2D eigenvalue weighted by Gasteiger charge is 2.68. The molecule has 3 aliphatic carbocycles. The van der Waals surface area contributed by atoms with Crippen LogP contribution in [0.1, 0.15) is 79.1 Å². The number of aromatic nitrogens is 2. The fraction of sp³-hybridized carbons (Fsp3) is 0.719. The highest BCUT2D eigenvalue weighted by Crippen LogP contribution is 2.68. The van der Waals surface area contributed by atoms with Crippen LogP contribution in [0, 0.1) is 34.0 Å². The smallest absolute Gasteiger partial charge is 0.316 e. The quantitative estimate of drug-likeness (QED) is 0.155. The van der Waals surface area contributed by atoms with E-state index in [0.29, 0.717) is 12.8 Å². The monoisotopic (exact) mass is 614 g/mol. The molecule has 1 amide bonds. The minimum Gasteiger partial charge on any atom is -0.461 e. The summed E-state index contributed by atoms with van der Waals surface area (Å²) >= 11 is 1.02. The zero-order chi connectivity index (χ0) is 31.2. The number of esters is 1. The molecule has 5 rings (SSSR count). The Kier molecular flexibility index (Phi) is 9.00. The van der Waals surface area contributed by atoms with Crippen LogP contribution in [0.2, 0.25) is 0 Å². The molecule has 0 unspecified atom stereocenters. The number of Topliss-reactive ketones (excluding diaryl/α,β-unsaturated/α-hetero) is 1. The normalized spacial score (nSPS) is 39.2. The van der Waals surface area contributed by atoms with Crippen molar-refractivity contribution in [2.75, 3.05) is 17.6 Å². The highest BCUT2D eigenvalue weighted by molar-refractivity contribution is 7.99. The molecule has 11 heteroatoms. The molecule has 4 N–H and O–H groups in total. The maximum Gasteiger partial charge on any atom is 0.316 e. The molecule has 0 aromatic carbocycles. The van der Waals surface area contributed by atoms with Gasteiger partial charge in [0.2, 0.25) is 5.91 Å². The largest absolute Gasteiger partial charge is 0.461 e. The van der Waals surface area contributed by atoms with Gasteiger partial charge in [-0.3, -0.25) is 19.2 Å². The molecule has 43 heavy (non-hydrogen) atoms.